The molecule has 1 atom stereocenters. The maximum atomic E-state index is 6.10. The predicted octanol–water partition coefficient (Wildman–Crippen LogP) is 3.38. The third kappa shape index (κ3) is 6.75. The van der Waals surface area contributed by atoms with E-state index in [1.165, 1.54) is 0 Å². The van der Waals surface area contributed by atoms with Crippen LogP contribution in [0, 0.1) is 0 Å². The van der Waals surface area contributed by atoms with Crippen LogP contribution in [0.25, 0.3) is 0 Å². The van der Waals surface area contributed by atoms with Crippen molar-refractivity contribution in [2.45, 2.75) is 51.4 Å². The Morgan fingerprint density at radius 1 is 1.31 bits per heavy atom. The summed E-state index contributed by atoms with van der Waals surface area (Å²) >= 11 is 0. The Hall–Kier alpha value is -2.05. The zero-order valence-electron chi connectivity index (χ0n) is 17.6. The average molecular weight is 402 g/mol. The number of rotatable bonds is 9. The topological polar surface area (TPSA) is 55.3 Å². The molecule has 1 N–H and O–H groups in total. The Morgan fingerprint density at radius 2 is 2.14 bits per heavy atom. The Kier molecular flexibility index (Phi) is 8.83. The van der Waals surface area contributed by atoms with Crippen molar-refractivity contribution < 1.29 is 14.2 Å². The van der Waals surface area contributed by atoms with Gasteiger partial charge in [0.25, 0.3) is 0 Å². The number of nitrogens with one attached hydrogen (secondary N) is 1. The largest absolute Gasteiger partial charge is 0.489 e. The molecule has 2 aliphatic heterocycles. The van der Waals surface area contributed by atoms with Crippen molar-refractivity contribution in [1.29, 1.82) is 0 Å². The molecule has 2 aliphatic rings. The number of aliphatic imine (C=N–C) groups is 1. The van der Waals surface area contributed by atoms with E-state index >= 15 is 0 Å². The number of hydrogen-bond acceptors (Lipinski definition) is 4. The summed E-state index contributed by atoms with van der Waals surface area (Å²) in [5.41, 5.74) is 1.08. The van der Waals surface area contributed by atoms with E-state index in [-0.39, 0.29) is 0 Å². The van der Waals surface area contributed by atoms with Gasteiger partial charge in [0.2, 0.25) is 0 Å². The summed E-state index contributed by atoms with van der Waals surface area (Å²) < 4.78 is 17.5. The lowest BCUT2D eigenvalue weighted by Gasteiger charge is -2.34. The van der Waals surface area contributed by atoms with Crippen molar-refractivity contribution in [3.05, 3.63) is 42.5 Å². The van der Waals surface area contributed by atoms with Crippen LogP contribution in [-0.2, 0) is 16.0 Å². The molecule has 160 valence electrons. The normalized spacial score (nSPS) is 20.7. The van der Waals surface area contributed by atoms with Crippen LogP contribution in [0.2, 0.25) is 0 Å². The fourth-order valence-electron chi connectivity index (χ4n) is 3.76. The van der Waals surface area contributed by atoms with Crippen LogP contribution in [0.1, 0.15) is 38.2 Å². The van der Waals surface area contributed by atoms with Gasteiger partial charge in [-0.3, -0.25) is 0 Å². The van der Waals surface area contributed by atoms with Crippen LogP contribution in [-0.4, -0.2) is 62.5 Å². The van der Waals surface area contributed by atoms with Crippen molar-refractivity contribution in [2.75, 3.05) is 39.5 Å². The van der Waals surface area contributed by atoms with Crippen LogP contribution in [0.15, 0.2) is 41.9 Å². The van der Waals surface area contributed by atoms with Crippen LogP contribution in [0.3, 0.4) is 0 Å². The van der Waals surface area contributed by atoms with Gasteiger partial charge in [0, 0.05) is 31.8 Å². The third-order valence-electron chi connectivity index (χ3n) is 5.35. The highest BCUT2D eigenvalue weighted by atomic mass is 16.5. The van der Waals surface area contributed by atoms with E-state index in [1.807, 2.05) is 18.2 Å². The SMILES string of the molecule is C=CCOc1ccccc1CN=C(NCC)N1CCC(OCC2CCCO2)CC1. The van der Waals surface area contributed by atoms with E-state index in [0.29, 0.717) is 25.4 Å². The number of likely N-dealkylation sites (tertiary alicyclic amines) is 1. The van der Waals surface area contributed by atoms with Gasteiger partial charge in [-0.15, -0.1) is 0 Å². The maximum Gasteiger partial charge on any atom is 0.194 e. The summed E-state index contributed by atoms with van der Waals surface area (Å²) in [5, 5.41) is 3.43. The first-order chi connectivity index (χ1) is 14.3. The van der Waals surface area contributed by atoms with Gasteiger partial charge in [-0.05, 0) is 38.7 Å². The molecule has 2 saturated heterocycles. The Balaban J connectivity index is 1.52. The Morgan fingerprint density at radius 3 is 2.86 bits per heavy atom. The molecule has 1 aromatic carbocycles. The molecular weight excluding hydrogens is 366 g/mol. The molecule has 6 nitrogen and oxygen atoms in total. The molecule has 6 heteroatoms. The number of nitrogens with zero attached hydrogens (tertiary/aromatic N) is 2. The lowest BCUT2D eigenvalue weighted by Crippen LogP contribution is -2.47. The van der Waals surface area contributed by atoms with E-state index in [9.17, 15) is 0 Å². The second-order valence-corrected chi connectivity index (χ2v) is 7.53. The van der Waals surface area contributed by atoms with Crippen molar-refractivity contribution in [3.63, 3.8) is 0 Å². The fourth-order valence-corrected chi connectivity index (χ4v) is 3.76. The second-order valence-electron chi connectivity index (χ2n) is 7.53. The summed E-state index contributed by atoms with van der Waals surface area (Å²) in [4.78, 5) is 7.21. The van der Waals surface area contributed by atoms with Gasteiger partial charge in [0.05, 0.1) is 25.4 Å². The number of benzene rings is 1. The minimum Gasteiger partial charge on any atom is -0.489 e. The second kappa shape index (κ2) is 11.8. The maximum absolute atomic E-state index is 6.10. The number of hydrogen-bond donors (Lipinski definition) is 1. The van der Waals surface area contributed by atoms with E-state index in [2.05, 4.69) is 29.8 Å². The molecule has 0 spiro atoms. The van der Waals surface area contributed by atoms with Gasteiger partial charge in [0.1, 0.15) is 12.4 Å². The lowest BCUT2D eigenvalue weighted by atomic mass is 10.1. The summed E-state index contributed by atoms with van der Waals surface area (Å²) in [7, 11) is 0. The monoisotopic (exact) mass is 401 g/mol. The molecule has 3 rings (SSSR count). The number of guanidine groups is 1. The molecule has 0 bridgehead atoms. The number of para-hydroxylation sites is 1. The van der Waals surface area contributed by atoms with Crippen molar-refractivity contribution >= 4 is 5.96 Å². The summed E-state index contributed by atoms with van der Waals surface area (Å²) in [6.45, 7) is 11.3. The summed E-state index contributed by atoms with van der Waals surface area (Å²) in [6, 6.07) is 8.06. The minimum absolute atomic E-state index is 0.301. The standard InChI is InChI=1S/C23H35N3O3/c1-3-15-28-22-10-6-5-8-19(22)17-25-23(24-4-2)26-13-11-20(12-14-26)29-18-21-9-7-16-27-21/h3,5-6,8,10,20-21H,1,4,7,9,11-18H2,2H3,(H,24,25). The molecule has 2 fully saturated rings. The lowest BCUT2D eigenvalue weighted by molar-refractivity contribution is -0.0367. The van der Waals surface area contributed by atoms with Gasteiger partial charge >= 0.3 is 0 Å². The first kappa shape index (κ1) is 21.7. The first-order valence-corrected chi connectivity index (χ1v) is 10.9. The molecule has 1 unspecified atom stereocenters. The molecule has 0 aromatic heterocycles. The number of piperidine rings is 1. The quantitative estimate of drug-likeness (QED) is 0.391. The third-order valence-corrected chi connectivity index (χ3v) is 5.35. The minimum atomic E-state index is 0.301. The van der Waals surface area contributed by atoms with Crippen LogP contribution >= 0.6 is 0 Å². The summed E-state index contributed by atoms with van der Waals surface area (Å²) in [5.74, 6) is 1.83. The molecule has 0 amide bonds. The molecule has 1 aromatic rings. The number of ether oxygens (including phenoxy) is 3. The Bertz CT molecular complexity index is 651. The highest BCUT2D eigenvalue weighted by molar-refractivity contribution is 5.80. The molecule has 2 heterocycles. The molecule has 0 saturated carbocycles. The van der Waals surface area contributed by atoms with E-state index in [1.54, 1.807) is 6.08 Å². The zero-order chi connectivity index (χ0) is 20.3. The Labute approximate surface area is 174 Å². The molecule has 0 aliphatic carbocycles. The fraction of sp³-hybridized carbons (Fsp3) is 0.609. The van der Waals surface area contributed by atoms with Gasteiger partial charge in [-0.1, -0.05) is 30.9 Å². The molecule has 29 heavy (non-hydrogen) atoms. The molecular formula is C23H35N3O3. The van der Waals surface area contributed by atoms with Crippen molar-refractivity contribution in [3.8, 4) is 5.75 Å². The predicted molar refractivity (Wildman–Crippen MR) is 116 cm³/mol. The van der Waals surface area contributed by atoms with E-state index in [4.69, 9.17) is 19.2 Å². The highest BCUT2D eigenvalue weighted by Crippen LogP contribution is 2.20. The van der Waals surface area contributed by atoms with Crippen molar-refractivity contribution in [1.82, 2.24) is 10.2 Å². The van der Waals surface area contributed by atoms with Crippen LogP contribution in [0.4, 0.5) is 0 Å². The first-order valence-electron chi connectivity index (χ1n) is 10.9. The van der Waals surface area contributed by atoms with E-state index in [0.717, 1.165) is 75.8 Å². The van der Waals surface area contributed by atoms with Crippen LogP contribution < -0.4 is 10.1 Å². The van der Waals surface area contributed by atoms with Gasteiger partial charge in [-0.2, -0.15) is 0 Å². The van der Waals surface area contributed by atoms with E-state index < -0.39 is 0 Å². The highest BCUT2D eigenvalue weighted by Gasteiger charge is 2.24. The average Bonchev–Trinajstić information content (AvgIpc) is 3.28. The van der Waals surface area contributed by atoms with Gasteiger partial charge in [-0.25, -0.2) is 4.99 Å². The van der Waals surface area contributed by atoms with Crippen LogP contribution in [0.5, 0.6) is 5.75 Å². The van der Waals surface area contributed by atoms with Crippen molar-refractivity contribution in [2.24, 2.45) is 4.99 Å². The smallest absolute Gasteiger partial charge is 0.194 e. The molecule has 0 radical (unpaired) electrons. The zero-order valence-corrected chi connectivity index (χ0v) is 17.6. The van der Waals surface area contributed by atoms with Gasteiger partial charge in [0.15, 0.2) is 5.96 Å². The van der Waals surface area contributed by atoms with Gasteiger partial charge < -0.3 is 24.4 Å². The summed E-state index contributed by atoms with van der Waals surface area (Å²) in [6.07, 6.45) is 6.73.